The molecule has 0 bridgehead atoms. The van der Waals surface area contributed by atoms with Gasteiger partial charge in [0.2, 0.25) is 0 Å². The fourth-order valence-corrected chi connectivity index (χ4v) is 2.56. The van der Waals surface area contributed by atoms with Crippen molar-refractivity contribution in [2.75, 3.05) is 32.1 Å². The van der Waals surface area contributed by atoms with Crippen molar-refractivity contribution in [3.8, 4) is 5.75 Å². The summed E-state index contributed by atoms with van der Waals surface area (Å²) in [7, 11) is 1.63. The Morgan fingerprint density at radius 3 is 2.55 bits per heavy atom. The lowest BCUT2D eigenvalue weighted by Crippen LogP contribution is -2.47. The summed E-state index contributed by atoms with van der Waals surface area (Å²) >= 11 is 0. The second-order valence-electron chi connectivity index (χ2n) is 4.93. The second-order valence-corrected chi connectivity index (χ2v) is 4.93. The predicted octanol–water partition coefficient (Wildman–Crippen LogP) is 2.30. The van der Waals surface area contributed by atoms with Crippen LogP contribution in [0.5, 0.6) is 5.75 Å². The third kappa shape index (κ3) is 3.63. The Bertz CT molecular complexity index is 427. The minimum atomic E-state index is -0.0235. The number of carbonyl (C=O) groups is 1. The van der Waals surface area contributed by atoms with Crippen LogP contribution in [0.1, 0.15) is 19.8 Å². The molecule has 2 rings (SSSR count). The highest BCUT2D eigenvalue weighted by molar-refractivity contribution is 5.89. The normalized spacial score (nSPS) is 15.7. The fourth-order valence-electron chi connectivity index (χ4n) is 2.56. The highest BCUT2D eigenvalue weighted by atomic mass is 16.5. The van der Waals surface area contributed by atoms with Crippen LogP contribution < -0.4 is 15.4 Å². The number of nitrogens with zero attached hydrogens (tertiary/aromatic N) is 1. The Morgan fingerprint density at radius 1 is 1.35 bits per heavy atom. The van der Waals surface area contributed by atoms with Gasteiger partial charge in [-0.05, 0) is 57.1 Å². The first-order valence-electron chi connectivity index (χ1n) is 7.17. The number of hydrogen-bond donors (Lipinski definition) is 2. The molecule has 110 valence electrons. The molecule has 2 N–H and O–H groups in total. The van der Waals surface area contributed by atoms with Crippen LogP contribution in [-0.4, -0.2) is 43.7 Å². The zero-order valence-electron chi connectivity index (χ0n) is 12.2. The van der Waals surface area contributed by atoms with Gasteiger partial charge in [-0.1, -0.05) is 0 Å². The van der Waals surface area contributed by atoms with Crippen LogP contribution in [0.4, 0.5) is 10.5 Å². The number of benzene rings is 1. The molecule has 0 aromatic heterocycles. The van der Waals surface area contributed by atoms with Crippen LogP contribution >= 0.6 is 0 Å². The summed E-state index contributed by atoms with van der Waals surface area (Å²) in [5.41, 5.74) is 0.795. The van der Waals surface area contributed by atoms with E-state index in [1.54, 1.807) is 7.11 Å². The van der Waals surface area contributed by atoms with Crippen LogP contribution in [0.2, 0.25) is 0 Å². The van der Waals surface area contributed by atoms with Crippen LogP contribution in [0.3, 0.4) is 0 Å². The van der Waals surface area contributed by atoms with Crippen LogP contribution in [0, 0.1) is 0 Å². The highest BCUT2D eigenvalue weighted by Crippen LogP contribution is 2.17. The van der Waals surface area contributed by atoms with Gasteiger partial charge < -0.3 is 20.3 Å². The number of rotatable bonds is 4. The predicted molar refractivity (Wildman–Crippen MR) is 80.3 cm³/mol. The van der Waals surface area contributed by atoms with Crippen molar-refractivity contribution in [2.45, 2.75) is 25.8 Å². The van der Waals surface area contributed by atoms with E-state index in [-0.39, 0.29) is 6.03 Å². The Kier molecular flexibility index (Phi) is 5.24. The van der Waals surface area contributed by atoms with Crippen molar-refractivity contribution in [1.29, 1.82) is 0 Å². The first-order valence-corrected chi connectivity index (χ1v) is 7.17. The van der Waals surface area contributed by atoms with Gasteiger partial charge in [-0.25, -0.2) is 4.79 Å². The quantitative estimate of drug-likeness (QED) is 0.888. The molecule has 1 aliphatic rings. The lowest BCUT2D eigenvalue weighted by Gasteiger charge is -2.33. The summed E-state index contributed by atoms with van der Waals surface area (Å²) in [6.45, 7) is 4.72. The van der Waals surface area contributed by atoms with E-state index in [2.05, 4.69) is 10.6 Å². The van der Waals surface area contributed by atoms with Crippen molar-refractivity contribution >= 4 is 11.7 Å². The first-order chi connectivity index (χ1) is 9.74. The molecule has 1 aromatic rings. The zero-order valence-corrected chi connectivity index (χ0v) is 12.2. The maximum atomic E-state index is 12.4. The molecule has 1 fully saturated rings. The summed E-state index contributed by atoms with van der Waals surface area (Å²) in [6.07, 6.45) is 2.04. The molecular weight excluding hydrogens is 254 g/mol. The van der Waals surface area contributed by atoms with E-state index in [1.165, 1.54) is 0 Å². The molecule has 1 aliphatic heterocycles. The highest BCUT2D eigenvalue weighted by Gasteiger charge is 2.23. The SMILES string of the molecule is CCN(C(=O)Nc1ccc(OC)cc1)C1CCNCC1. The van der Waals surface area contributed by atoms with Crippen molar-refractivity contribution in [3.05, 3.63) is 24.3 Å². The molecule has 0 aliphatic carbocycles. The number of ether oxygens (including phenoxy) is 1. The van der Waals surface area contributed by atoms with E-state index >= 15 is 0 Å². The maximum Gasteiger partial charge on any atom is 0.322 e. The van der Waals surface area contributed by atoms with Crippen molar-refractivity contribution in [3.63, 3.8) is 0 Å². The summed E-state index contributed by atoms with van der Waals surface area (Å²) in [5.74, 6) is 0.786. The minimum Gasteiger partial charge on any atom is -0.497 e. The number of hydrogen-bond acceptors (Lipinski definition) is 3. The molecule has 1 heterocycles. The molecule has 0 atom stereocenters. The van der Waals surface area contributed by atoms with Gasteiger partial charge in [0.25, 0.3) is 0 Å². The van der Waals surface area contributed by atoms with Crippen molar-refractivity contribution in [1.82, 2.24) is 10.2 Å². The average Bonchev–Trinajstić information content (AvgIpc) is 2.50. The summed E-state index contributed by atoms with van der Waals surface area (Å²) in [6, 6.07) is 7.71. The molecule has 0 spiro atoms. The van der Waals surface area contributed by atoms with Crippen molar-refractivity contribution in [2.24, 2.45) is 0 Å². The van der Waals surface area contributed by atoms with E-state index in [9.17, 15) is 4.79 Å². The number of urea groups is 1. The van der Waals surface area contributed by atoms with E-state index < -0.39 is 0 Å². The van der Waals surface area contributed by atoms with Crippen LogP contribution in [0.15, 0.2) is 24.3 Å². The lowest BCUT2D eigenvalue weighted by atomic mass is 10.1. The Hall–Kier alpha value is -1.75. The maximum absolute atomic E-state index is 12.4. The summed E-state index contributed by atoms with van der Waals surface area (Å²) in [4.78, 5) is 14.3. The fraction of sp³-hybridized carbons (Fsp3) is 0.533. The molecule has 5 heteroatoms. The number of carbonyl (C=O) groups excluding carboxylic acids is 1. The monoisotopic (exact) mass is 277 g/mol. The second kappa shape index (κ2) is 7.14. The van der Waals surface area contributed by atoms with Gasteiger partial charge in [-0.2, -0.15) is 0 Å². The Labute approximate surface area is 120 Å². The zero-order chi connectivity index (χ0) is 14.4. The standard InChI is InChI=1S/C15H23N3O2/c1-3-18(13-8-10-16-11-9-13)15(19)17-12-4-6-14(20-2)7-5-12/h4-7,13,16H,3,8-11H2,1-2H3,(H,17,19). The largest absolute Gasteiger partial charge is 0.497 e. The van der Waals surface area contributed by atoms with E-state index in [1.807, 2.05) is 36.1 Å². The van der Waals surface area contributed by atoms with Gasteiger partial charge in [0.1, 0.15) is 5.75 Å². The van der Waals surface area contributed by atoms with E-state index in [0.717, 1.165) is 43.9 Å². The lowest BCUT2D eigenvalue weighted by molar-refractivity contribution is 0.175. The molecule has 1 saturated heterocycles. The molecule has 20 heavy (non-hydrogen) atoms. The number of anilines is 1. The van der Waals surface area contributed by atoms with E-state index in [4.69, 9.17) is 4.74 Å². The summed E-state index contributed by atoms with van der Waals surface area (Å²) in [5, 5.41) is 6.28. The van der Waals surface area contributed by atoms with Gasteiger partial charge in [-0.3, -0.25) is 0 Å². The van der Waals surface area contributed by atoms with Crippen LogP contribution in [0.25, 0.3) is 0 Å². The van der Waals surface area contributed by atoms with Gasteiger partial charge in [0.05, 0.1) is 7.11 Å². The molecule has 2 amide bonds. The average molecular weight is 277 g/mol. The number of amides is 2. The molecule has 0 unspecified atom stereocenters. The number of piperidine rings is 1. The van der Waals surface area contributed by atoms with E-state index in [0.29, 0.717) is 6.04 Å². The Morgan fingerprint density at radius 2 is 2.00 bits per heavy atom. The first kappa shape index (κ1) is 14.7. The smallest absolute Gasteiger partial charge is 0.322 e. The van der Waals surface area contributed by atoms with Crippen molar-refractivity contribution < 1.29 is 9.53 Å². The third-order valence-electron chi connectivity index (χ3n) is 3.69. The van der Waals surface area contributed by atoms with Gasteiger partial charge in [0.15, 0.2) is 0 Å². The van der Waals surface area contributed by atoms with Gasteiger partial charge >= 0.3 is 6.03 Å². The molecular formula is C15H23N3O2. The number of nitrogens with one attached hydrogen (secondary N) is 2. The number of methoxy groups -OCH3 is 1. The molecule has 1 aromatic carbocycles. The molecule has 0 saturated carbocycles. The Balaban J connectivity index is 1.97. The van der Waals surface area contributed by atoms with Crippen LogP contribution in [-0.2, 0) is 0 Å². The minimum absolute atomic E-state index is 0.0235. The topological polar surface area (TPSA) is 53.6 Å². The van der Waals surface area contributed by atoms with Gasteiger partial charge in [0, 0.05) is 18.3 Å². The summed E-state index contributed by atoms with van der Waals surface area (Å²) < 4.78 is 5.11. The molecule has 0 radical (unpaired) electrons. The third-order valence-corrected chi connectivity index (χ3v) is 3.69. The van der Waals surface area contributed by atoms with Gasteiger partial charge in [-0.15, -0.1) is 0 Å². The molecule has 5 nitrogen and oxygen atoms in total.